The lowest BCUT2D eigenvalue weighted by Crippen LogP contribution is -2.29. The molecule has 9 heteroatoms. The van der Waals surface area contributed by atoms with Gasteiger partial charge in [-0.05, 0) is 49.7 Å². The average Bonchev–Trinajstić information content (AvgIpc) is 3.19. The summed E-state index contributed by atoms with van der Waals surface area (Å²) in [6.07, 6.45) is 1.63. The van der Waals surface area contributed by atoms with Gasteiger partial charge in [-0.15, -0.1) is 0 Å². The lowest BCUT2D eigenvalue weighted by Gasteiger charge is -2.26. The Bertz CT molecular complexity index is 1350. The maximum Gasteiger partial charge on any atom is 0.296 e. The van der Waals surface area contributed by atoms with E-state index in [1.54, 1.807) is 18.3 Å². The van der Waals surface area contributed by atoms with Gasteiger partial charge in [0.05, 0.1) is 48.7 Å². The Morgan fingerprint density at radius 3 is 2.29 bits per heavy atom. The number of amides is 1. The van der Waals surface area contributed by atoms with Crippen LogP contribution in [0.1, 0.15) is 36.7 Å². The van der Waals surface area contributed by atoms with Gasteiger partial charge in [0.2, 0.25) is 0 Å². The number of halogens is 1. The molecule has 1 amide bonds. The molecule has 0 saturated carbocycles. The molecule has 0 spiro atoms. The first-order valence-electron chi connectivity index (χ1n) is 12.3. The van der Waals surface area contributed by atoms with Crippen LogP contribution in [-0.2, 0) is 16.1 Å². The molecule has 2 aromatic carbocycles. The summed E-state index contributed by atoms with van der Waals surface area (Å²) in [7, 11) is 2.87. The van der Waals surface area contributed by atoms with Crippen molar-refractivity contribution in [2.24, 2.45) is 0 Å². The van der Waals surface area contributed by atoms with Gasteiger partial charge in [-0.2, -0.15) is 0 Å². The number of nitrogens with zero attached hydrogens (tertiary/aromatic N) is 3. The molecule has 1 atom stereocenters. The van der Waals surface area contributed by atoms with Crippen molar-refractivity contribution in [1.82, 2.24) is 9.88 Å². The summed E-state index contributed by atoms with van der Waals surface area (Å²) in [5.41, 5.74) is 2.45. The fourth-order valence-electron chi connectivity index (χ4n) is 4.70. The molecule has 0 radical (unpaired) electrons. The summed E-state index contributed by atoms with van der Waals surface area (Å²) in [6.45, 7) is 5.92. The lowest BCUT2D eigenvalue weighted by molar-refractivity contribution is -0.140. The van der Waals surface area contributed by atoms with E-state index in [1.807, 2.05) is 30.3 Å². The predicted molar refractivity (Wildman–Crippen MR) is 147 cm³/mol. The Labute approximate surface area is 227 Å². The summed E-state index contributed by atoms with van der Waals surface area (Å²) >= 11 is 6.26. The molecule has 3 aromatic rings. The van der Waals surface area contributed by atoms with Crippen molar-refractivity contribution in [3.63, 3.8) is 0 Å². The number of hydrogen-bond donors (Lipinski definition) is 1. The summed E-state index contributed by atoms with van der Waals surface area (Å²) < 4.78 is 10.8. The molecule has 198 valence electrons. The molecule has 8 nitrogen and oxygen atoms in total. The van der Waals surface area contributed by atoms with E-state index in [0.717, 1.165) is 18.8 Å². The second kappa shape index (κ2) is 11.6. The van der Waals surface area contributed by atoms with E-state index in [9.17, 15) is 14.7 Å². The summed E-state index contributed by atoms with van der Waals surface area (Å²) in [5.74, 6) is -1.38. The van der Waals surface area contributed by atoms with Gasteiger partial charge in [0.25, 0.3) is 11.7 Å². The largest absolute Gasteiger partial charge is 0.507 e. The van der Waals surface area contributed by atoms with E-state index < -0.39 is 17.7 Å². The van der Waals surface area contributed by atoms with Crippen LogP contribution in [-0.4, -0.2) is 54.0 Å². The smallest absolute Gasteiger partial charge is 0.296 e. The molecule has 1 unspecified atom stereocenters. The molecule has 1 aliphatic rings. The molecule has 4 rings (SSSR count). The number of hydrogen-bond acceptors (Lipinski definition) is 7. The first-order chi connectivity index (χ1) is 18.3. The number of pyridine rings is 1. The Morgan fingerprint density at radius 2 is 1.71 bits per heavy atom. The maximum absolute atomic E-state index is 13.5. The number of rotatable bonds is 9. The zero-order chi connectivity index (χ0) is 27.4. The van der Waals surface area contributed by atoms with Gasteiger partial charge in [-0.1, -0.05) is 29.8 Å². The number of likely N-dealkylation sites (tertiary alicyclic amines) is 1. The minimum Gasteiger partial charge on any atom is -0.507 e. The number of carbonyl (C=O) groups is 2. The maximum atomic E-state index is 13.5. The minimum atomic E-state index is -0.853. The van der Waals surface area contributed by atoms with Crippen molar-refractivity contribution < 1.29 is 24.2 Å². The van der Waals surface area contributed by atoms with Crippen molar-refractivity contribution in [3.05, 3.63) is 88.2 Å². The number of ketones is 1. The molecule has 0 bridgehead atoms. The number of aliphatic hydroxyl groups is 1. The number of aliphatic hydroxyl groups excluding tert-OH is 1. The van der Waals surface area contributed by atoms with Gasteiger partial charge in [0.15, 0.2) is 0 Å². The second-order valence-electron chi connectivity index (χ2n) is 8.70. The van der Waals surface area contributed by atoms with Gasteiger partial charge < -0.3 is 24.4 Å². The average molecular weight is 536 g/mol. The van der Waals surface area contributed by atoms with Crippen LogP contribution in [0.4, 0.5) is 5.69 Å². The van der Waals surface area contributed by atoms with Crippen LogP contribution < -0.4 is 14.4 Å². The van der Waals surface area contributed by atoms with Crippen molar-refractivity contribution in [3.8, 4) is 11.5 Å². The quantitative estimate of drug-likeness (QED) is 0.228. The van der Waals surface area contributed by atoms with E-state index in [4.69, 9.17) is 21.1 Å². The highest BCUT2D eigenvalue weighted by molar-refractivity contribution is 6.46. The minimum absolute atomic E-state index is 0.0517. The Kier molecular flexibility index (Phi) is 8.22. The van der Waals surface area contributed by atoms with Gasteiger partial charge in [-0.3, -0.25) is 14.6 Å². The van der Waals surface area contributed by atoms with Crippen LogP contribution in [0, 0.1) is 0 Å². The van der Waals surface area contributed by atoms with E-state index >= 15 is 0 Å². The normalized spacial score (nSPS) is 16.6. The summed E-state index contributed by atoms with van der Waals surface area (Å²) in [4.78, 5) is 34.8. The highest BCUT2D eigenvalue weighted by atomic mass is 35.5. The SMILES string of the molecule is CCN(CC)c1ccc(C2/C(=C(\O)c3cc(OC)c(Cl)cc3OC)C(=O)C(=O)N2Cc2ccccn2)cc1. The first kappa shape index (κ1) is 27.0. The summed E-state index contributed by atoms with van der Waals surface area (Å²) in [5, 5.41) is 11.8. The summed E-state index contributed by atoms with van der Waals surface area (Å²) in [6, 6.07) is 15.2. The topological polar surface area (TPSA) is 92.2 Å². The Morgan fingerprint density at radius 1 is 1.03 bits per heavy atom. The molecular formula is C29H30ClN3O5. The van der Waals surface area contributed by atoms with Gasteiger partial charge in [0, 0.05) is 31.0 Å². The number of benzene rings is 2. The molecule has 1 fully saturated rings. The van der Waals surface area contributed by atoms with Crippen molar-refractivity contribution in [2.45, 2.75) is 26.4 Å². The number of carbonyl (C=O) groups excluding carboxylic acids is 2. The molecule has 1 aromatic heterocycles. The molecule has 2 heterocycles. The van der Waals surface area contributed by atoms with Crippen molar-refractivity contribution >= 4 is 34.7 Å². The second-order valence-corrected chi connectivity index (χ2v) is 9.11. The molecule has 1 N–H and O–H groups in total. The van der Waals surface area contributed by atoms with E-state index in [1.165, 1.54) is 31.3 Å². The number of anilines is 1. The Hall–Kier alpha value is -4.04. The highest BCUT2D eigenvalue weighted by Gasteiger charge is 2.46. The standard InChI is InChI=1S/C29H30ClN3O5/c1-5-32(6-2)20-12-10-18(11-13-20)26-25(27(34)21-15-24(38-4)22(30)16-23(21)37-3)28(35)29(36)33(26)17-19-9-7-8-14-31-19/h7-16,26,34H,5-6,17H2,1-4H3/b27-25+. The van der Waals surface area contributed by atoms with E-state index in [-0.39, 0.29) is 40.0 Å². The van der Waals surface area contributed by atoms with Crippen LogP contribution in [0.5, 0.6) is 11.5 Å². The van der Waals surface area contributed by atoms with Crippen LogP contribution in [0.25, 0.3) is 5.76 Å². The molecule has 1 aliphatic heterocycles. The van der Waals surface area contributed by atoms with Crippen molar-refractivity contribution in [2.75, 3.05) is 32.2 Å². The highest BCUT2D eigenvalue weighted by Crippen LogP contribution is 2.43. The molecule has 0 aliphatic carbocycles. The van der Waals surface area contributed by atoms with Gasteiger partial charge >= 0.3 is 0 Å². The van der Waals surface area contributed by atoms with Crippen LogP contribution in [0.15, 0.2) is 66.4 Å². The van der Waals surface area contributed by atoms with E-state index in [2.05, 4.69) is 23.7 Å². The molecular weight excluding hydrogens is 506 g/mol. The van der Waals surface area contributed by atoms with E-state index in [0.29, 0.717) is 11.3 Å². The van der Waals surface area contributed by atoms with Gasteiger partial charge in [-0.25, -0.2) is 0 Å². The molecule has 38 heavy (non-hydrogen) atoms. The number of aromatic nitrogens is 1. The predicted octanol–water partition coefficient (Wildman–Crippen LogP) is 5.22. The third-order valence-electron chi connectivity index (χ3n) is 6.66. The fourth-order valence-corrected chi connectivity index (χ4v) is 4.93. The molecule has 1 saturated heterocycles. The van der Waals surface area contributed by atoms with Gasteiger partial charge in [0.1, 0.15) is 17.3 Å². The number of Topliss-reactive ketones (excluding diaryl/α,β-unsaturated/α-hetero) is 1. The fraction of sp³-hybridized carbons (Fsp3) is 0.276. The zero-order valence-corrected chi connectivity index (χ0v) is 22.5. The Balaban J connectivity index is 1.90. The number of methoxy groups -OCH3 is 2. The monoisotopic (exact) mass is 535 g/mol. The third kappa shape index (κ3) is 5.04. The van der Waals surface area contributed by atoms with Crippen LogP contribution >= 0.6 is 11.6 Å². The van der Waals surface area contributed by atoms with Crippen molar-refractivity contribution in [1.29, 1.82) is 0 Å². The third-order valence-corrected chi connectivity index (χ3v) is 6.96. The van der Waals surface area contributed by atoms with Crippen LogP contribution in [0.3, 0.4) is 0 Å². The zero-order valence-electron chi connectivity index (χ0n) is 21.8. The lowest BCUT2D eigenvalue weighted by atomic mass is 9.94. The number of ether oxygens (including phenoxy) is 2. The first-order valence-corrected chi connectivity index (χ1v) is 12.7. The van der Waals surface area contributed by atoms with Crippen LogP contribution in [0.2, 0.25) is 5.02 Å².